The zero-order valence-electron chi connectivity index (χ0n) is 24.1. The number of carbonyl (C=O) groups excluding carboxylic acids is 2. The van der Waals surface area contributed by atoms with Crippen LogP contribution in [-0.4, -0.2) is 44.3 Å². The Morgan fingerprint density at radius 2 is 1.37 bits per heavy atom. The molecule has 4 aromatic rings. The van der Waals surface area contributed by atoms with E-state index in [1.165, 1.54) is 17.0 Å². The molecule has 0 saturated heterocycles. The van der Waals surface area contributed by atoms with E-state index >= 15 is 0 Å². The number of para-hydroxylation sites is 1. The maximum absolute atomic E-state index is 14.4. The zero-order valence-corrected chi connectivity index (χ0v) is 25.7. The van der Waals surface area contributed by atoms with E-state index in [4.69, 9.17) is 11.6 Å². The molecule has 0 aromatic heterocycles. The van der Waals surface area contributed by atoms with Crippen molar-refractivity contribution in [3.8, 4) is 0 Å². The van der Waals surface area contributed by atoms with Crippen LogP contribution in [0.5, 0.6) is 0 Å². The molecular formula is C34H36ClN3O4S. The molecule has 0 unspecified atom stereocenters. The molecule has 224 valence electrons. The van der Waals surface area contributed by atoms with E-state index in [1.807, 2.05) is 37.3 Å². The molecule has 2 amide bonds. The summed E-state index contributed by atoms with van der Waals surface area (Å²) in [6, 6.07) is 32.2. The number of nitrogens with one attached hydrogen (secondary N) is 1. The molecule has 0 saturated carbocycles. The third-order valence-corrected chi connectivity index (χ3v) is 9.06. The van der Waals surface area contributed by atoms with Crippen molar-refractivity contribution in [2.45, 2.75) is 43.7 Å². The number of hydrogen-bond acceptors (Lipinski definition) is 4. The first-order chi connectivity index (χ1) is 20.8. The van der Waals surface area contributed by atoms with Gasteiger partial charge in [0, 0.05) is 24.5 Å². The summed E-state index contributed by atoms with van der Waals surface area (Å²) in [4.78, 5) is 29.6. The number of hydrogen-bond donors (Lipinski definition) is 1. The van der Waals surface area contributed by atoms with Crippen molar-refractivity contribution >= 4 is 39.1 Å². The molecular weight excluding hydrogens is 582 g/mol. The minimum atomic E-state index is -4.12. The summed E-state index contributed by atoms with van der Waals surface area (Å²) in [6.07, 6.45) is 1.96. The minimum Gasteiger partial charge on any atom is -0.354 e. The van der Waals surface area contributed by atoms with Gasteiger partial charge in [-0.05, 0) is 53.9 Å². The summed E-state index contributed by atoms with van der Waals surface area (Å²) in [7, 11) is -4.12. The van der Waals surface area contributed by atoms with Gasteiger partial charge < -0.3 is 10.2 Å². The number of carbonyl (C=O) groups is 2. The molecule has 1 atom stereocenters. The van der Waals surface area contributed by atoms with E-state index in [0.29, 0.717) is 17.3 Å². The van der Waals surface area contributed by atoms with Crippen molar-refractivity contribution in [3.63, 3.8) is 0 Å². The molecule has 7 nitrogen and oxygen atoms in total. The normalized spacial score (nSPS) is 11.9. The Morgan fingerprint density at radius 3 is 1.98 bits per heavy atom. The molecule has 0 radical (unpaired) electrons. The highest BCUT2D eigenvalue weighted by Crippen LogP contribution is 2.25. The smallest absolute Gasteiger partial charge is 0.264 e. The van der Waals surface area contributed by atoms with E-state index in [2.05, 4.69) is 5.32 Å². The van der Waals surface area contributed by atoms with Crippen molar-refractivity contribution in [2.24, 2.45) is 0 Å². The van der Waals surface area contributed by atoms with E-state index in [9.17, 15) is 18.0 Å². The minimum absolute atomic E-state index is 0.0639. The highest BCUT2D eigenvalue weighted by atomic mass is 35.5. The average Bonchev–Trinajstić information content (AvgIpc) is 3.03. The van der Waals surface area contributed by atoms with Crippen LogP contribution in [0.1, 0.15) is 30.9 Å². The van der Waals surface area contributed by atoms with Gasteiger partial charge in [-0.1, -0.05) is 104 Å². The molecule has 0 fully saturated rings. The van der Waals surface area contributed by atoms with Crippen LogP contribution in [-0.2, 0) is 32.6 Å². The standard InChI is InChI=1S/C34H36ClN3O4S/c1-2-3-23-36-34(40)32(24-27-13-7-4-8-14-27)37(25-28-19-21-29(35)22-20-28)33(39)26-38(30-15-9-5-10-16-30)43(41,42)31-17-11-6-12-18-31/h4-22,32H,2-3,23-26H2,1H3,(H,36,40)/t32-/m1/s1. The number of sulfonamides is 1. The fourth-order valence-electron chi connectivity index (χ4n) is 4.69. The van der Waals surface area contributed by atoms with Gasteiger partial charge in [-0.3, -0.25) is 13.9 Å². The van der Waals surface area contributed by atoms with Gasteiger partial charge in [0.05, 0.1) is 10.6 Å². The van der Waals surface area contributed by atoms with Crippen LogP contribution in [0.2, 0.25) is 5.02 Å². The summed E-state index contributed by atoms with van der Waals surface area (Å²) in [5, 5.41) is 3.53. The summed E-state index contributed by atoms with van der Waals surface area (Å²) in [5.74, 6) is -0.804. The lowest BCUT2D eigenvalue weighted by molar-refractivity contribution is -0.140. The second-order valence-corrected chi connectivity index (χ2v) is 12.5. The van der Waals surface area contributed by atoms with Crippen LogP contribution < -0.4 is 9.62 Å². The molecule has 0 aliphatic rings. The van der Waals surface area contributed by atoms with Crippen LogP contribution in [0.15, 0.2) is 120 Å². The van der Waals surface area contributed by atoms with Crippen molar-refractivity contribution in [1.82, 2.24) is 10.2 Å². The molecule has 0 heterocycles. The number of nitrogens with zero attached hydrogens (tertiary/aromatic N) is 2. The van der Waals surface area contributed by atoms with Crippen molar-refractivity contribution in [1.29, 1.82) is 0 Å². The van der Waals surface area contributed by atoms with Gasteiger partial charge in [-0.15, -0.1) is 0 Å². The average molecular weight is 618 g/mol. The molecule has 43 heavy (non-hydrogen) atoms. The SMILES string of the molecule is CCCCNC(=O)[C@@H](Cc1ccccc1)N(Cc1ccc(Cl)cc1)C(=O)CN(c1ccccc1)S(=O)(=O)c1ccccc1. The van der Waals surface area contributed by atoms with Gasteiger partial charge in [0.15, 0.2) is 0 Å². The van der Waals surface area contributed by atoms with Gasteiger partial charge >= 0.3 is 0 Å². The molecule has 9 heteroatoms. The highest BCUT2D eigenvalue weighted by molar-refractivity contribution is 7.92. The van der Waals surface area contributed by atoms with Gasteiger partial charge in [-0.25, -0.2) is 8.42 Å². The second-order valence-electron chi connectivity index (χ2n) is 10.2. The maximum Gasteiger partial charge on any atom is 0.264 e. The fourth-order valence-corrected chi connectivity index (χ4v) is 6.25. The van der Waals surface area contributed by atoms with Gasteiger partial charge in [0.1, 0.15) is 12.6 Å². The maximum atomic E-state index is 14.4. The Labute approximate surface area is 259 Å². The van der Waals surface area contributed by atoms with Gasteiger partial charge in [0.2, 0.25) is 11.8 Å². The lowest BCUT2D eigenvalue weighted by Gasteiger charge is -2.34. The Balaban J connectivity index is 1.76. The van der Waals surface area contributed by atoms with Crippen molar-refractivity contribution in [2.75, 3.05) is 17.4 Å². The van der Waals surface area contributed by atoms with Crippen LogP contribution in [0.25, 0.3) is 0 Å². The molecule has 4 aromatic carbocycles. The van der Waals surface area contributed by atoms with Crippen LogP contribution in [0.3, 0.4) is 0 Å². The molecule has 0 aliphatic heterocycles. The summed E-state index contributed by atoms with van der Waals surface area (Å²) in [5.41, 5.74) is 1.98. The predicted octanol–water partition coefficient (Wildman–Crippen LogP) is 6.09. The molecule has 4 rings (SSSR count). The number of halogens is 1. The van der Waals surface area contributed by atoms with E-state index < -0.39 is 28.5 Å². The largest absolute Gasteiger partial charge is 0.354 e. The van der Waals surface area contributed by atoms with Gasteiger partial charge in [-0.2, -0.15) is 0 Å². The van der Waals surface area contributed by atoms with E-state index in [0.717, 1.165) is 28.3 Å². The Morgan fingerprint density at radius 1 is 0.791 bits per heavy atom. The van der Waals surface area contributed by atoms with E-state index in [1.54, 1.807) is 72.8 Å². The number of anilines is 1. The van der Waals surface area contributed by atoms with Crippen molar-refractivity contribution in [3.05, 3.63) is 131 Å². The first kappa shape index (κ1) is 31.8. The number of unbranched alkanes of at least 4 members (excludes halogenated alkanes) is 1. The highest BCUT2D eigenvalue weighted by Gasteiger charge is 2.34. The monoisotopic (exact) mass is 617 g/mol. The third kappa shape index (κ3) is 8.69. The molecule has 1 N–H and O–H groups in total. The second kappa shape index (κ2) is 15.4. The first-order valence-electron chi connectivity index (χ1n) is 14.3. The summed E-state index contributed by atoms with van der Waals surface area (Å²) >= 11 is 6.13. The number of rotatable bonds is 14. The zero-order chi connectivity index (χ0) is 30.7. The van der Waals surface area contributed by atoms with Gasteiger partial charge in [0.25, 0.3) is 10.0 Å². The van der Waals surface area contributed by atoms with Crippen LogP contribution >= 0.6 is 11.6 Å². The first-order valence-corrected chi connectivity index (χ1v) is 16.1. The lowest BCUT2D eigenvalue weighted by atomic mass is 10.0. The number of amides is 2. The van der Waals surface area contributed by atoms with Crippen LogP contribution in [0.4, 0.5) is 5.69 Å². The molecule has 0 bridgehead atoms. The fraction of sp³-hybridized carbons (Fsp3) is 0.235. The topological polar surface area (TPSA) is 86.8 Å². The summed E-state index contributed by atoms with van der Waals surface area (Å²) < 4.78 is 28.9. The Hall–Kier alpha value is -4.14. The molecule has 0 spiro atoms. The third-order valence-electron chi connectivity index (χ3n) is 7.02. The Bertz CT molecular complexity index is 1570. The summed E-state index contributed by atoms with van der Waals surface area (Å²) in [6.45, 7) is 2.10. The number of benzene rings is 4. The quantitative estimate of drug-likeness (QED) is 0.174. The van der Waals surface area contributed by atoms with Crippen molar-refractivity contribution < 1.29 is 18.0 Å². The molecule has 0 aliphatic carbocycles. The Kier molecular flexibility index (Phi) is 11.4. The predicted molar refractivity (Wildman–Crippen MR) is 171 cm³/mol. The lowest BCUT2D eigenvalue weighted by Crippen LogP contribution is -2.53. The van der Waals surface area contributed by atoms with Crippen LogP contribution in [0, 0.1) is 0 Å². The van der Waals surface area contributed by atoms with E-state index in [-0.39, 0.29) is 23.8 Å².